The van der Waals surface area contributed by atoms with Gasteiger partial charge in [-0.25, -0.2) is 8.42 Å². The topological polar surface area (TPSA) is 67.4 Å². The summed E-state index contributed by atoms with van der Waals surface area (Å²) in [6.45, 7) is 2.47. The van der Waals surface area contributed by atoms with Gasteiger partial charge in [-0.05, 0) is 83.6 Å². The summed E-state index contributed by atoms with van der Waals surface area (Å²) in [5.41, 5.74) is 3.80. The van der Waals surface area contributed by atoms with E-state index >= 15 is 0 Å². The molecule has 0 aromatic heterocycles. The third kappa shape index (κ3) is 4.01. The summed E-state index contributed by atoms with van der Waals surface area (Å²) in [5.74, 6) is 1.19. The number of nitrogens with one attached hydrogen (secondary N) is 2. The molecule has 0 fully saturated rings. The first kappa shape index (κ1) is 22.7. The Morgan fingerprint density at radius 1 is 0.944 bits per heavy atom. The molecule has 1 heterocycles. The fourth-order valence-corrected chi connectivity index (χ4v) is 6.66. The predicted molar refractivity (Wildman–Crippen MR) is 145 cm³/mol. The quantitative estimate of drug-likeness (QED) is 0.286. The minimum absolute atomic E-state index is 0.146. The smallest absolute Gasteiger partial charge is 0.261 e. The molecule has 6 rings (SSSR count). The molecule has 2 N–H and O–H groups in total. The zero-order valence-corrected chi connectivity index (χ0v) is 20.8. The van der Waals surface area contributed by atoms with Gasteiger partial charge in [0.05, 0.1) is 17.5 Å². The van der Waals surface area contributed by atoms with E-state index < -0.39 is 10.0 Å². The standard InChI is InChI=1S/C30H28N2O3S/c1-2-35-22-15-13-21(14-16-22)32-36(33,34)23-17-18-29-28(19-23)25-10-6-12-27(25)30(31-29)26-11-5-8-20-7-3-4-9-24(20)26/h3-11,13-19,25,27,30-32H,2,12H2,1H3. The summed E-state index contributed by atoms with van der Waals surface area (Å²) >= 11 is 0. The summed E-state index contributed by atoms with van der Waals surface area (Å²) in [4.78, 5) is 0.264. The molecular formula is C30H28N2O3S. The van der Waals surface area contributed by atoms with Gasteiger partial charge in [-0.2, -0.15) is 0 Å². The van der Waals surface area contributed by atoms with Crippen molar-refractivity contribution in [1.82, 2.24) is 0 Å². The lowest BCUT2D eigenvalue weighted by Crippen LogP contribution is -2.29. The number of hydrogen-bond donors (Lipinski definition) is 2. The van der Waals surface area contributed by atoms with E-state index in [-0.39, 0.29) is 16.9 Å². The fraction of sp³-hybridized carbons (Fsp3) is 0.200. The van der Waals surface area contributed by atoms with Crippen LogP contribution < -0.4 is 14.8 Å². The Kier molecular flexibility index (Phi) is 5.69. The molecule has 0 amide bonds. The van der Waals surface area contributed by atoms with Crippen LogP contribution in [0.5, 0.6) is 5.75 Å². The lowest BCUT2D eigenvalue weighted by atomic mass is 9.76. The van der Waals surface area contributed by atoms with E-state index in [0.717, 1.165) is 17.7 Å². The molecule has 0 spiro atoms. The first-order valence-corrected chi connectivity index (χ1v) is 13.8. The Labute approximate surface area is 211 Å². The van der Waals surface area contributed by atoms with Crippen LogP contribution >= 0.6 is 0 Å². The van der Waals surface area contributed by atoms with Crippen molar-refractivity contribution >= 4 is 32.2 Å². The van der Waals surface area contributed by atoms with Crippen molar-refractivity contribution in [1.29, 1.82) is 0 Å². The van der Waals surface area contributed by atoms with Gasteiger partial charge in [-0.3, -0.25) is 4.72 Å². The van der Waals surface area contributed by atoms with Crippen molar-refractivity contribution in [2.75, 3.05) is 16.6 Å². The van der Waals surface area contributed by atoms with Crippen molar-refractivity contribution in [3.63, 3.8) is 0 Å². The highest BCUT2D eigenvalue weighted by atomic mass is 32.2. The normalized spacial score (nSPS) is 20.4. The second kappa shape index (κ2) is 9.03. The van der Waals surface area contributed by atoms with Crippen molar-refractivity contribution in [2.45, 2.75) is 30.2 Å². The maximum atomic E-state index is 13.2. The molecule has 6 heteroatoms. The number of anilines is 2. The Bertz CT molecular complexity index is 1560. The van der Waals surface area contributed by atoms with Gasteiger partial charge in [0.15, 0.2) is 0 Å². The van der Waals surface area contributed by atoms with Crippen molar-refractivity contribution < 1.29 is 13.2 Å². The van der Waals surface area contributed by atoms with Crippen LogP contribution in [0, 0.1) is 5.92 Å². The molecule has 3 unspecified atom stereocenters. The average Bonchev–Trinajstić information content (AvgIpc) is 3.39. The van der Waals surface area contributed by atoms with E-state index in [2.05, 4.69) is 64.7 Å². The van der Waals surface area contributed by atoms with Crippen LogP contribution in [0.25, 0.3) is 10.8 Å². The molecule has 2 aliphatic rings. The molecule has 182 valence electrons. The minimum Gasteiger partial charge on any atom is -0.494 e. The molecule has 1 aliphatic carbocycles. The number of sulfonamides is 1. The second-order valence-electron chi connectivity index (χ2n) is 9.36. The third-order valence-electron chi connectivity index (χ3n) is 7.22. The average molecular weight is 497 g/mol. The summed E-state index contributed by atoms with van der Waals surface area (Å²) in [5, 5.41) is 6.24. The van der Waals surface area contributed by atoms with Crippen LogP contribution in [0.15, 0.2) is 102 Å². The summed E-state index contributed by atoms with van der Waals surface area (Å²) < 4.78 is 34.6. The lowest BCUT2D eigenvalue weighted by molar-refractivity contribution is 0.340. The molecule has 3 atom stereocenters. The zero-order valence-electron chi connectivity index (χ0n) is 20.0. The number of hydrogen-bond acceptors (Lipinski definition) is 4. The summed E-state index contributed by atoms with van der Waals surface area (Å²) in [6, 6.07) is 27.5. The van der Waals surface area contributed by atoms with Gasteiger partial charge >= 0.3 is 0 Å². The van der Waals surface area contributed by atoms with Gasteiger partial charge < -0.3 is 10.1 Å². The summed E-state index contributed by atoms with van der Waals surface area (Å²) in [7, 11) is -3.74. The molecule has 5 nitrogen and oxygen atoms in total. The number of rotatable bonds is 6. The Hall–Kier alpha value is -3.77. The Balaban J connectivity index is 1.33. The van der Waals surface area contributed by atoms with Gasteiger partial charge in [0.1, 0.15) is 5.75 Å². The van der Waals surface area contributed by atoms with Crippen LogP contribution in [-0.4, -0.2) is 15.0 Å². The second-order valence-corrected chi connectivity index (χ2v) is 11.0. The van der Waals surface area contributed by atoms with Crippen LogP contribution in [-0.2, 0) is 10.0 Å². The number of fused-ring (bicyclic) bond motifs is 4. The largest absolute Gasteiger partial charge is 0.494 e. The van der Waals surface area contributed by atoms with E-state index in [1.807, 2.05) is 19.1 Å². The summed E-state index contributed by atoms with van der Waals surface area (Å²) in [6.07, 6.45) is 5.41. The van der Waals surface area contributed by atoms with Crippen molar-refractivity contribution in [3.8, 4) is 5.75 Å². The molecule has 0 saturated carbocycles. The molecule has 36 heavy (non-hydrogen) atoms. The highest BCUT2D eigenvalue weighted by Gasteiger charge is 2.39. The minimum atomic E-state index is -3.74. The molecular weight excluding hydrogens is 468 g/mol. The van der Waals surface area contributed by atoms with E-state index in [0.29, 0.717) is 24.0 Å². The highest BCUT2D eigenvalue weighted by molar-refractivity contribution is 7.92. The van der Waals surface area contributed by atoms with Gasteiger partial charge in [0, 0.05) is 17.3 Å². The SMILES string of the molecule is CCOc1ccc(NS(=O)(=O)c2ccc3c(c2)C2C=CCC2C(c2cccc4ccccc24)N3)cc1. The maximum Gasteiger partial charge on any atom is 0.261 e. The maximum absolute atomic E-state index is 13.2. The van der Waals surface area contributed by atoms with E-state index in [1.54, 1.807) is 30.3 Å². The number of ether oxygens (including phenoxy) is 1. The fourth-order valence-electron chi connectivity index (χ4n) is 5.57. The first-order chi connectivity index (χ1) is 17.5. The Morgan fingerprint density at radius 3 is 2.58 bits per heavy atom. The van der Waals surface area contributed by atoms with Crippen LogP contribution in [0.2, 0.25) is 0 Å². The zero-order chi connectivity index (χ0) is 24.7. The third-order valence-corrected chi connectivity index (χ3v) is 8.60. The van der Waals surface area contributed by atoms with Gasteiger partial charge in [-0.15, -0.1) is 0 Å². The molecule has 4 aromatic rings. The molecule has 4 aromatic carbocycles. The first-order valence-electron chi connectivity index (χ1n) is 12.3. The monoisotopic (exact) mass is 496 g/mol. The van der Waals surface area contributed by atoms with Gasteiger partial charge in [0.2, 0.25) is 0 Å². The molecule has 0 bridgehead atoms. The predicted octanol–water partition coefficient (Wildman–Crippen LogP) is 6.87. The van der Waals surface area contributed by atoms with Crippen LogP contribution in [0.1, 0.15) is 36.4 Å². The van der Waals surface area contributed by atoms with Gasteiger partial charge in [-0.1, -0.05) is 54.6 Å². The molecule has 0 radical (unpaired) electrons. The van der Waals surface area contributed by atoms with Gasteiger partial charge in [0.25, 0.3) is 10.0 Å². The van der Waals surface area contributed by atoms with E-state index in [4.69, 9.17) is 4.74 Å². The molecule has 0 saturated heterocycles. The van der Waals surface area contributed by atoms with E-state index in [9.17, 15) is 8.42 Å². The van der Waals surface area contributed by atoms with E-state index in [1.165, 1.54) is 16.3 Å². The van der Waals surface area contributed by atoms with Crippen LogP contribution in [0.4, 0.5) is 11.4 Å². The lowest BCUT2D eigenvalue weighted by Gasteiger charge is -2.38. The van der Waals surface area contributed by atoms with Crippen molar-refractivity contribution in [2.24, 2.45) is 5.92 Å². The highest BCUT2D eigenvalue weighted by Crippen LogP contribution is 2.51. The molecule has 1 aliphatic heterocycles. The number of allylic oxidation sites excluding steroid dienone is 2. The Morgan fingerprint density at radius 2 is 1.75 bits per heavy atom. The van der Waals surface area contributed by atoms with Crippen LogP contribution in [0.3, 0.4) is 0 Å². The van der Waals surface area contributed by atoms with Crippen molar-refractivity contribution in [3.05, 3.63) is 108 Å². The number of benzene rings is 4.